The number of nitrogens with one attached hydrogen (secondary N) is 1. The Morgan fingerprint density at radius 3 is 2.60 bits per heavy atom. The summed E-state index contributed by atoms with van der Waals surface area (Å²) in [6, 6.07) is -1.79. The number of rotatable bonds is 6. The molecular weight excluding hydrogens is 264 g/mol. The van der Waals surface area contributed by atoms with Crippen molar-refractivity contribution in [2.45, 2.75) is 18.9 Å². The Morgan fingerprint density at radius 1 is 1.50 bits per heavy atom. The van der Waals surface area contributed by atoms with E-state index in [1.54, 1.807) is 7.05 Å². The van der Waals surface area contributed by atoms with Crippen LogP contribution in [0.2, 0.25) is 0 Å². The lowest BCUT2D eigenvalue weighted by molar-refractivity contribution is -0.140. The molecule has 1 rings (SSSR count). The van der Waals surface area contributed by atoms with Crippen molar-refractivity contribution in [3.8, 4) is 0 Å². The molecule has 0 aromatic heterocycles. The number of nitrogens with zero attached hydrogens (tertiary/aromatic N) is 2. The number of carbonyl (C=O) groups excluding carboxylic acids is 2. The van der Waals surface area contributed by atoms with Gasteiger partial charge in [-0.3, -0.25) is 4.79 Å². The van der Waals surface area contributed by atoms with Crippen LogP contribution in [0.1, 0.15) is 12.8 Å². The third-order valence-corrected chi connectivity index (χ3v) is 3.37. The minimum absolute atomic E-state index is 0.384. The van der Waals surface area contributed by atoms with Crippen molar-refractivity contribution in [2.75, 3.05) is 33.7 Å². The topological polar surface area (TPSA) is 116 Å². The number of carbonyl (C=O) groups is 3. The van der Waals surface area contributed by atoms with Crippen LogP contribution >= 0.6 is 0 Å². The van der Waals surface area contributed by atoms with Crippen molar-refractivity contribution < 1.29 is 19.5 Å². The summed E-state index contributed by atoms with van der Waals surface area (Å²) in [6.07, 6.45) is 0.596. The molecule has 2 atom stereocenters. The summed E-state index contributed by atoms with van der Waals surface area (Å²) in [5.41, 5.74) is 4.96. The van der Waals surface area contributed by atoms with Gasteiger partial charge in [-0.2, -0.15) is 0 Å². The molecule has 1 aliphatic rings. The lowest BCUT2D eigenvalue weighted by atomic mass is 10.1. The number of likely N-dealkylation sites (tertiary alicyclic amines) is 1. The number of nitrogens with two attached hydrogens (primary N) is 1. The zero-order valence-electron chi connectivity index (χ0n) is 11.8. The maximum atomic E-state index is 11.9. The van der Waals surface area contributed by atoms with Gasteiger partial charge in [-0.1, -0.05) is 0 Å². The van der Waals surface area contributed by atoms with E-state index < -0.39 is 30.4 Å². The average Bonchev–Trinajstić information content (AvgIpc) is 2.72. The van der Waals surface area contributed by atoms with E-state index in [0.717, 1.165) is 19.5 Å². The molecule has 0 spiro atoms. The predicted octanol–water partition coefficient (Wildman–Crippen LogP) is -1.09. The second kappa shape index (κ2) is 7.09. The normalized spacial score (nSPS) is 20.4. The van der Waals surface area contributed by atoms with Crippen LogP contribution in [0.15, 0.2) is 0 Å². The molecule has 114 valence electrons. The molecule has 0 aliphatic carbocycles. The lowest BCUT2D eigenvalue weighted by Crippen LogP contribution is -2.49. The first-order valence-electron chi connectivity index (χ1n) is 6.51. The second-order valence-electron chi connectivity index (χ2n) is 5.31. The fourth-order valence-corrected chi connectivity index (χ4v) is 2.31. The molecule has 1 saturated heterocycles. The summed E-state index contributed by atoms with van der Waals surface area (Å²) in [5.74, 6) is -1.65. The Labute approximate surface area is 117 Å². The SMILES string of the molecule is CN1CCC(CN(C)C(=O)NC(CC(N)=O)C(=O)O)C1. The third-order valence-electron chi connectivity index (χ3n) is 3.37. The molecule has 1 heterocycles. The molecule has 3 amide bonds. The van der Waals surface area contributed by atoms with Gasteiger partial charge in [-0.25, -0.2) is 9.59 Å². The highest BCUT2D eigenvalue weighted by Crippen LogP contribution is 2.15. The molecule has 0 radical (unpaired) electrons. The molecule has 2 unspecified atom stereocenters. The molecule has 4 N–H and O–H groups in total. The molecule has 8 nitrogen and oxygen atoms in total. The maximum absolute atomic E-state index is 11.9. The van der Waals surface area contributed by atoms with Crippen LogP contribution in [0, 0.1) is 5.92 Å². The zero-order valence-corrected chi connectivity index (χ0v) is 11.8. The molecule has 1 aliphatic heterocycles. The first kappa shape index (κ1) is 16.2. The molecule has 0 aromatic carbocycles. The van der Waals surface area contributed by atoms with Gasteiger partial charge >= 0.3 is 12.0 Å². The summed E-state index contributed by atoms with van der Waals surface area (Å²) in [5, 5.41) is 11.2. The monoisotopic (exact) mass is 286 g/mol. The van der Waals surface area contributed by atoms with E-state index in [-0.39, 0.29) is 0 Å². The molecule has 1 fully saturated rings. The lowest BCUT2D eigenvalue weighted by Gasteiger charge is -2.23. The third kappa shape index (κ3) is 5.04. The fraction of sp³-hybridized carbons (Fsp3) is 0.750. The highest BCUT2D eigenvalue weighted by atomic mass is 16.4. The van der Waals surface area contributed by atoms with Gasteiger partial charge in [0.2, 0.25) is 5.91 Å². The van der Waals surface area contributed by atoms with Crippen molar-refractivity contribution in [2.24, 2.45) is 11.7 Å². The van der Waals surface area contributed by atoms with Gasteiger partial charge in [-0.05, 0) is 25.9 Å². The number of aliphatic carboxylic acids is 1. The van der Waals surface area contributed by atoms with Gasteiger partial charge in [0, 0.05) is 20.1 Å². The van der Waals surface area contributed by atoms with Crippen LogP contribution in [-0.4, -0.2) is 72.6 Å². The Hall–Kier alpha value is -1.83. The van der Waals surface area contributed by atoms with Gasteiger partial charge < -0.3 is 26.0 Å². The van der Waals surface area contributed by atoms with Crippen LogP contribution in [0.25, 0.3) is 0 Å². The number of hydrogen-bond acceptors (Lipinski definition) is 4. The van der Waals surface area contributed by atoms with Crippen molar-refractivity contribution >= 4 is 17.9 Å². The van der Waals surface area contributed by atoms with E-state index in [4.69, 9.17) is 10.8 Å². The molecule has 0 saturated carbocycles. The van der Waals surface area contributed by atoms with Gasteiger partial charge in [0.25, 0.3) is 0 Å². The van der Waals surface area contributed by atoms with Gasteiger partial charge in [0.05, 0.1) is 6.42 Å². The van der Waals surface area contributed by atoms with Crippen LogP contribution < -0.4 is 11.1 Å². The second-order valence-corrected chi connectivity index (χ2v) is 5.31. The van der Waals surface area contributed by atoms with E-state index in [1.807, 2.05) is 7.05 Å². The van der Waals surface area contributed by atoms with E-state index in [0.29, 0.717) is 12.5 Å². The van der Waals surface area contributed by atoms with Crippen LogP contribution in [-0.2, 0) is 9.59 Å². The number of carboxylic acid groups (broad SMARTS) is 1. The fourth-order valence-electron chi connectivity index (χ4n) is 2.31. The van der Waals surface area contributed by atoms with E-state index in [1.165, 1.54) is 4.90 Å². The Kier molecular flexibility index (Phi) is 5.75. The van der Waals surface area contributed by atoms with E-state index in [2.05, 4.69) is 10.2 Å². The standard InChI is InChI=1S/C12H22N4O4/c1-15-4-3-8(6-15)7-16(2)12(20)14-9(11(18)19)5-10(13)17/h8-9H,3-7H2,1-2H3,(H2,13,17)(H,14,20)(H,18,19). The Balaban J connectivity index is 2.46. The smallest absolute Gasteiger partial charge is 0.326 e. The average molecular weight is 286 g/mol. The van der Waals surface area contributed by atoms with Gasteiger partial charge in [-0.15, -0.1) is 0 Å². The summed E-state index contributed by atoms with van der Waals surface area (Å²) in [6.45, 7) is 2.47. The Morgan fingerprint density at radius 2 is 2.15 bits per heavy atom. The number of primary amides is 1. The van der Waals surface area contributed by atoms with E-state index >= 15 is 0 Å². The number of hydrogen-bond donors (Lipinski definition) is 3. The van der Waals surface area contributed by atoms with Gasteiger partial charge in [0.15, 0.2) is 0 Å². The number of urea groups is 1. The summed E-state index contributed by atoms with van der Waals surface area (Å²) in [7, 11) is 3.63. The number of amides is 3. The molecule has 8 heteroatoms. The van der Waals surface area contributed by atoms with Crippen molar-refractivity contribution in [3.63, 3.8) is 0 Å². The summed E-state index contributed by atoms with van der Waals surface area (Å²) < 4.78 is 0. The first-order chi connectivity index (χ1) is 9.29. The molecule has 0 bridgehead atoms. The Bertz CT molecular complexity index is 388. The van der Waals surface area contributed by atoms with Crippen molar-refractivity contribution in [1.29, 1.82) is 0 Å². The minimum atomic E-state index is -1.28. The quantitative estimate of drug-likeness (QED) is 0.573. The molecule has 20 heavy (non-hydrogen) atoms. The van der Waals surface area contributed by atoms with Crippen molar-refractivity contribution in [3.05, 3.63) is 0 Å². The molecular formula is C12H22N4O4. The summed E-state index contributed by atoms with van der Waals surface area (Å²) in [4.78, 5) is 37.2. The van der Waals surface area contributed by atoms with Crippen molar-refractivity contribution in [1.82, 2.24) is 15.1 Å². The van der Waals surface area contributed by atoms with Crippen LogP contribution in [0.5, 0.6) is 0 Å². The largest absolute Gasteiger partial charge is 0.480 e. The number of carboxylic acids is 1. The highest BCUT2D eigenvalue weighted by molar-refractivity contribution is 5.87. The first-order valence-corrected chi connectivity index (χ1v) is 6.51. The van der Waals surface area contributed by atoms with E-state index in [9.17, 15) is 14.4 Å². The minimum Gasteiger partial charge on any atom is -0.480 e. The zero-order chi connectivity index (χ0) is 15.3. The molecule has 0 aromatic rings. The highest BCUT2D eigenvalue weighted by Gasteiger charge is 2.26. The summed E-state index contributed by atoms with van der Waals surface area (Å²) >= 11 is 0. The maximum Gasteiger partial charge on any atom is 0.326 e. The van der Waals surface area contributed by atoms with Crippen LogP contribution in [0.3, 0.4) is 0 Å². The van der Waals surface area contributed by atoms with Crippen LogP contribution in [0.4, 0.5) is 4.79 Å². The predicted molar refractivity (Wildman–Crippen MR) is 72.0 cm³/mol. The van der Waals surface area contributed by atoms with Gasteiger partial charge in [0.1, 0.15) is 6.04 Å².